The molecule has 0 saturated heterocycles. The molecule has 0 aliphatic carbocycles. The third kappa shape index (κ3) is 4.24. The van der Waals surface area contributed by atoms with Crippen LogP contribution in [-0.4, -0.2) is 16.6 Å². The zero-order valence-electron chi connectivity index (χ0n) is 10.7. The van der Waals surface area contributed by atoms with Gasteiger partial charge in [0.25, 0.3) is 0 Å². The van der Waals surface area contributed by atoms with E-state index in [1.807, 2.05) is 18.2 Å². The molecule has 0 spiro atoms. The number of amides is 1. The van der Waals surface area contributed by atoms with Crippen molar-refractivity contribution in [2.45, 2.75) is 11.4 Å². The summed E-state index contributed by atoms with van der Waals surface area (Å²) in [4.78, 5) is 15.9. The molecule has 2 rings (SSSR count). The molecule has 104 valence electrons. The molecule has 1 aromatic carbocycles. The number of nitrogens with one attached hydrogen (secondary N) is 1. The van der Waals surface area contributed by atoms with E-state index in [9.17, 15) is 9.18 Å². The molecule has 20 heavy (non-hydrogen) atoms. The fourth-order valence-electron chi connectivity index (χ4n) is 1.53. The van der Waals surface area contributed by atoms with E-state index in [0.29, 0.717) is 17.9 Å². The van der Waals surface area contributed by atoms with E-state index >= 15 is 0 Å². The van der Waals surface area contributed by atoms with Gasteiger partial charge in [0, 0.05) is 24.1 Å². The predicted molar refractivity (Wildman–Crippen MR) is 79.0 cm³/mol. The van der Waals surface area contributed by atoms with Crippen molar-refractivity contribution in [1.82, 2.24) is 4.98 Å². The zero-order chi connectivity index (χ0) is 14.4. The standard InChI is InChI=1S/C14H14FN3OS/c15-11-5-4-10(9-12(11)16)18-13(19)6-8-20-14-3-1-2-7-17-14/h1-5,7,9H,6,8,16H2,(H,18,19). The number of hydrogen-bond acceptors (Lipinski definition) is 4. The second kappa shape index (κ2) is 6.91. The molecule has 6 heteroatoms. The number of thioether (sulfide) groups is 1. The number of halogens is 1. The molecule has 0 aliphatic heterocycles. The van der Waals surface area contributed by atoms with Gasteiger partial charge < -0.3 is 11.1 Å². The van der Waals surface area contributed by atoms with Crippen LogP contribution in [0.2, 0.25) is 0 Å². The van der Waals surface area contributed by atoms with Gasteiger partial charge in [-0.1, -0.05) is 6.07 Å². The smallest absolute Gasteiger partial charge is 0.225 e. The monoisotopic (exact) mass is 291 g/mol. The Kier molecular flexibility index (Phi) is 4.95. The second-order valence-corrected chi connectivity index (χ2v) is 5.17. The summed E-state index contributed by atoms with van der Waals surface area (Å²) in [7, 11) is 0. The van der Waals surface area contributed by atoms with Crippen molar-refractivity contribution in [3.05, 3.63) is 48.4 Å². The van der Waals surface area contributed by atoms with E-state index in [-0.39, 0.29) is 11.6 Å². The van der Waals surface area contributed by atoms with E-state index in [2.05, 4.69) is 10.3 Å². The van der Waals surface area contributed by atoms with Crippen molar-refractivity contribution in [3.63, 3.8) is 0 Å². The highest BCUT2D eigenvalue weighted by atomic mass is 32.2. The fourth-order valence-corrected chi connectivity index (χ4v) is 2.33. The number of nitrogen functional groups attached to an aromatic ring is 1. The minimum absolute atomic E-state index is 0.0191. The summed E-state index contributed by atoms with van der Waals surface area (Å²) in [6.45, 7) is 0. The molecular weight excluding hydrogens is 277 g/mol. The van der Waals surface area contributed by atoms with Crippen LogP contribution in [0.3, 0.4) is 0 Å². The van der Waals surface area contributed by atoms with Crippen LogP contribution in [0.5, 0.6) is 0 Å². The summed E-state index contributed by atoms with van der Waals surface area (Å²) in [5.74, 6) is -0.00682. The molecule has 1 aromatic heterocycles. The summed E-state index contributed by atoms with van der Waals surface area (Å²) in [6, 6.07) is 9.75. The lowest BCUT2D eigenvalue weighted by atomic mass is 10.2. The summed E-state index contributed by atoms with van der Waals surface area (Å²) < 4.78 is 13.0. The third-order valence-electron chi connectivity index (χ3n) is 2.50. The van der Waals surface area contributed by atoms with Gasteiger partial charge in [0.05, 0.1) is 10.7 Å². The number of aromatic nitrogens is 1. The Labute approximate surface area is 120 Å². The Balaban J connectivity index is 1.79. The summed E-state index contributed by atoms with van der Waals surface area (Å²) in [5, 5.41) is 3.56. The van der Waals surface area contributed by atoms with E-state index in [0.717, 1.165) is 5.03 Å². The molecular formula is C14H14FN3OS. The molecule has 4 nitrogen and oxygen atoms in total. The van der Waals surface area contributed by atoms with Gasteiger partial charge in [-0.15, -0.1) is 11.8 Å². The number of carbonyl (C=O) groups excluding carboxylic acids is 1. The van der Waals surface area contributed by atoms with Crippen molar-refractivity contribution < 1.29 is 9.18 Å². The molecule has 0 radical (unpaired) electrons. The molecule has 0 saturated carbocycles. The van der Waals surface area contributed by atoms with Crippen molar-refractivity contribution in [3.8, 4) is 0 Å². The first-order valence-electron chi connectivity index (χ1n) is 6.04. The van der Waals surface area contributed by atoms with E-state index in [1.165, 1.54) is 30.0 Å². The first-order chi connectivity index (χ1) is 9.65. The van der Waals surface area contributed by atoms with Crippen molar-refractivity contribution in [2.75, 3.05) is 16.8 Å². The van der Waals surface area contributed by atoms with Crippen molar-refractivity contribution >= 4 is 29.0 Å². The average molecular weight is 291 g/mol. The fraction of sp³-hybridized carbons (Fsp3) is 0.143. The van der Waals surface area contributed by atoms with Crippen LogP contribution in [0.25, 0.3) is 0 Å². The molecule has 2 aromatic rings. The number of carbonyl (C=O) groups is 1. The molecule has 1 heterocycles. The quantitative estimate of drug-likeness (QED) is 0.656. The van der Waals surface area contributed by atoms with Gasteiger partial charge in [-0.25, -0.2) is 9.37 Å². The minimum atomic E-state index is -0.492. The average Bonchev–Trinajstić information content (AvgIpc) is 2.44. The topological polar surface area (TPSA) is 68.0 Å². The van der Waals surface area contributed by atoms with Gasteiger partial charge in [-0.2, -0.15) is 0 Å². The summed E-state index contributed by atoms with van der Waals surface area (Å²) in [5.41, 5.74) is 5.95. The van der Waals surface area contributed by atoms with Crippen LogP contribution < -0.4 is 11.1 Å². The number of hydrogen-bond donors (Lipinski definition) is 2. The summed E-state index contributed by atoms with van der Waals surface area (Å²) in [6.07, 6.45) is 2.06. The van der Waals surface area contributed by atoms with Crippen LogP contribution in [0.4, 0.5) is 15.8 Å². The van der Waals surface area contributed by atoms with E-state index in [1.54, 1.807) is 6.20 Å². The number of nitrogens with zero attached hydrogens (tertiary/aromatic N) is 1. The molecule has 3 N–H and O–H groups in total. The number of pyridine rings is 1. The van der Waals surface area contributed by atoms with Gasteiger partial charge in [0.2, 0.25) is 5.91 Å². The normalized spacial score (nSPS) is 10.2. The van der Waals surface area contributed by atoms with Crippen LogP contribution in [-0.2, 0) is 4.79 Å². The maximum Gasteiger partial charge on any atom is 0.225 e. The number of anilines is 2. The molecule has 0 aliphatic rings. The Bertz CT molecular complexity index is 592. The maximum atomic E-state index is 13.0. The molecule has 0 atom stereocenters. The van der Waals surface area contributed by atoms with Crippen molar-refractivity contribution in [2.24, 2.45) is 0 Å². The van der Waals surface area contributed by atoms with Gasteiger partial charge >= 0.3 is 0 Å². The largest absolute Gasteiger partial charge is 0.396 e. The van der Waals surface area contributed by atoms with Crippen LogP contribution in [0.15, 0.2) is 47.6 Å². The van der Waals surface area contributed by atoms with Crippen LogP contribution in [0.1, 0.15) is 6.42 Å². The number of rotatable bonds is 5. The lowest BCUT2D eigenvalue weighted by Crippen LogP contribution is -2.12. The lowest BCUT2D eigenvalue weighted by Gasteiger charge is -2.06. The second-order valence-electron chi connectivity index (χ2n) is 4.05. The first kappa shape index (κ1) is 14.3. The Morgan fingerprint density at radius 3 is 2.90 bits per heavy atom. The molecule has 1 amide bonds. The van der Waals surface area contributed by atoms with Crippen LogP contribution >= 0.6 is 11.8 Å². The van der Waals surface area contributed by atoms with Gasteiger partial charge in [-0.3, -0.25) is 4.79 Å². The maximum absolute atomic E-state index is 13.0. The Morgan fingerprint density at radius 2 is 2.20 bits per heavy atom. The number of nitrogens with two attached hydrogens (primary N) is 1. The highest BCUT2D eigenvalue weighted by molar-refractivity contribution is 7.99. The van der Waals surface area contributed by atoms with E-state index < -0.39 is 5.82 Å². The van der Waals surface area contributed by atoms with Crippen molar-refractivity contribution in [1.29, 1.82) is 0 Å². The minimum Gasteiger partial charge on any atom is -0.396 e. The highest BCUT2D eigenvalue weighted by Gasteiger charge is 2.05. The Hall–Kier alpha value is -2.08. The van der Waals surface area contributed by atoms with Crippen LogP contribution in [0, 0.1) is 5.82 Å². The SMILES string of the molecule is Nc1cc(NC(=O)CCSc2ccccn2)ccc1F. The number of benzene rings is 1. The van der Waals surface area contributed by atoms with E-state index in [4.69, 9.17) is 5.73 Å². The van der Waals surface area contributed by atoms with Gasteiger partial charge in [0.15, 0.2) is 0 Å². The van der Waals surface area contributed by atoms with Gasteiger partial charge in [0.1, 0.15) is 5.82 Å². The zero-order valence-corrected chi connectivity index (χ0v) is 11.5. The molecule has 0 fully saturated rings. The predicted octanol–water partition coefficient (Wildman–Crippen LogP) is 2.92. The molecule has 0 unspecified atom stereocenters. The highest BCUT2D eigenvalue weighted by Crippen LogP contribution is 2.18. The van der Waals surface area contributed by atoms with Gasteiger partial charge in [-0.05, 0) is 30.3 Å². The lowest BCUT2D eigenvalue weighted by molar-refractivity contribution is -0.115. The third-order valence-corrected chi connectivity index (χ3v) is 3.44. The molecule has 0 bridgehead atoms. The summed E-state index contributed by atoms with van der Waals surface area (Å²) >= 11 is 1.51. The first-order valence-corrected chi connectivity index (χ1v) is 7.02. The Morgan fingerprint density at radius 1 is 1.35 bits per heavy atom.